The quantitative estimate of drug-likeness (QED) is 0.633. The molecule has 0 aromatic rings. The van der Waals surface area contributed by atoms with Crippen molar-refractivity contribution < 1.29 is 4.43 Å². The molecule has 0 rings (SSSR count). The molecule has 1 atom stereocenters. The second kappa shape index (κ2) is 3.59. The molecule has 0 saturated heterocycles. The van der Waals surface area contributed by atoms with Gasteiger partial charge in [0, 0.05) is 0 Å². The van der Waals surface area contributed by atoms with Crippen LogP contribution in [-0.2, 0) is 4.43 Å². The van der Waals surface area contributed by atoms with Gasteiger partial charge in [0.15, 0.2) is 8.32 Å². The highest BCUT2D eigenvalue weighted by atomic mass is 28.4. The average molecular weight is 185 g/mol. The molecule has 0 N–H and O–H groups in total. The van der Waals surface area contributed by atoms with E-state index in [2.05, 4.69) is 25.7 Å². The largest absolute Gasteiger partial charge is 0.400 e. The summed E-state index contributed by atoms with van der Waals surface area (Å²) in [6.07, 6.45) is 0. The summed E-state index contributed by atoms with van der Waals surface area (Å²) in [7, 11) is -1.60. The van der Waals surface area contributed by atoms with Crippen LogP contribution >= 0.6 is 0 Å². The Bertz CT molecular complexity index is 190. The van der Waals surface area contributed by atoms with Crippen molar-refractivity contribution in [2.45, 2.75) is 46.0 Å². The molecular weight excluding hydrogens is 166 g/mol. The fourth-order valence-electron chi connectivity index (χ4n) is 0.906. The van der Waals surface area contributed by atoms with E-state index in [4.69, 9.17) is 9.69 Å². The first kappa shape index (κ1) is 11.7. The van der Waals surface area contributed by atoms with Crippen molar-refractivity contribution in [2.24, 2.45) is 5.92 Å². The normalized spacial score (nSPS) is 17.2. The van der Waals surface area contributed by atoms with Gasteiger partial charge in [-0.2, -0.15) is 5.26 Å². The molecule has 0 aliphatic heterocycles. The highest BCUT2D eigenvalue weighted by molar-refractivity contribution is 6.69. The Morgan fingerprint density at radius 3 is 1.83 bits per heavy atom. The molecule has 0 unspecified atom stereocenters. The standard InChI is InChI=1S/C9H19NOSi/c1-8(2)9(3,7-10)11-12(4,5)6/h8H,1-6H3/t9-/m0/s1. The van der Waals surface area contributed by atoms with Crippen LogP contribution in [0.5, 0.6) is 0 Å². The minimum atomic E-state index is -1.60. The van der Waals surface area contributed by atoms with E-state index in [1.54, 1.807) is 0 Å². The summed E-state index contributed by atoms with van der Waals surface area (Å²) in [5.74, 6) is 0.245. The van der Waals surface area contributed by atoms with Gasteiger partial charge in [-0.05, 0) is 32.5 Å². The van der Waals surface area contributed by atoms with E-state index in [1.807, 2.05) is 20.8 Å². The highest BCUT2D eigenvalue weighted by Gasteiger charge is 2.34. The number of nitriles is 1. The van der Waals surface area contributed by atoms with Crippen molar-refractivity contribution in [1.29, 1.82) is 5.26 Å². The SMILES string of the molecule is CC(C)[C@](C)(C#N)O[Si](C)(C)C. The van der Waals surface area contributed by atoms with Gasteiger partial charge >= 0.3 is 0 Å². The molecule has 2 nitrogen and oxygen atoms in total. The number of hydrogen-bond donors (Lipinski definition) is 0. The first-order chi connectivity index (χ1) is 5.21. The van der Waals surface area contributed by atoms with Crippen molar-refractivity contribution in [2.75, 3.05) is 0 Å². The summed E-state index contributed by atoms with van der Waals surface area (Å²) < 4.78 is 5.81. The monoisotopic (exact) mass is 185 g/mol. The Kier molecular flexibility index (Phi) is 3.49. The molecule has 0 aromatic carbocycles. The van der Waals surface area contributed by atoms with Gasteiger partial charge in [0.05, 0.1) is 6.07 Å². The number of hydrogen-bond acceptors (Lipinski definition) is 2. The molecule has 0 heterocycles. The Morgan fingerprint density at radius 1 is 1.33 bits per heavy atom. The van der Waals surface area contributed by atoms with Crippen LogP contribution in [0.4, 0.5) is 0 Å². The van der Waals surface area contributed by atoms with Crippen LogP contribution in [0.1, 0.15) is 20.8 Å². The fraction of sp³-hybridized carbons (Fsp3) is 0.889. The maximum atomic E-state index is 8.97. The maximum absolute atomic E-state index is 8.97. The highest BCUT2D eigenvalue weighted by Crippen LogP contribution is 2.24. The third-order valence-electron chi connectivity index (χ3n) is 1.84. The molecule has 0 bridgehead atoms. The van der Waals surface area contributed by atoms with Gasteiger partial charge in [0.1, 0.15) is 5.60 Å². The maximum Gasteiger partial charge on any atom is 0.185 e. The van der Waals surface area contributed by atoms with E-state index in [9.17, 15) is 0 Å². The van der Waals surface area contributed by atoms with Crippen LogP contribution in [-0.4, -0.2) is 13.9 Å². The minimum Gasteiger partial charge on any atom is -0.400 e. The van der Waals surface area contributed by atoms with Gasteiger partial charge in [-0.25, -0.2) is 0 Å². The summed E-state index contributed by atoms with van der Waals surface area (Å²) in [4.78, 5) is 0. The average Bonchev–Trinajstić information content (AvgIpc) is 1.83. The minimum absolute atomic E-state index is 0.245. The molecule has 0 aromatic heterocycles. The summed E-state index contributed by atoms with van der Waals surface area (Å²) in [5.41, 5.74) is -0.607. The zero-order valence-electron chi connectivity index (χ0n) is 8.93. The molecule has 70 valence electrons. The number of nitrogens with zero attached hydrogens (tertiary/aromatic N) is 1. The first-order valence-electron chi connectivity index (χ1n) is 4.33. The Balaban J connectivity index is 4.49. The van der Waals surface area contributed by atoms with Gasteiger partial charge < -0.3 is 4.43 Å². The molecule has 3 heteroatoms. The van der Waals surface area contributed by atoms with Crippen molar-refractivity contribution in [1.82, 2.24) is 0 Å². The molecule has 0 saturated carbocycles. The van der Waals surface area contributed by atoms with Crippen molar-refractivity contribution in [3.8, 4) is 6.07 Å². The third-order valence-corrected chi connectivity index (χ3v) is 2.88. The van der Waals surface area contributed by atoms with Crippen LogP contribution in [0.2, 0.25) is 19.6 Å². The van der Waals surface area contributed by atoms with Crippen LogP contribution in [0.15, 0.2) is 0 Å². The molecule has 0 amide bonds. The van der Waals surface area contributed by atoms with Crippen molar-refractivity contribution in [3.63, 3.8) is 0 Å². The lowest BCUT2D eigenvalue weighted by Crippen LogP contribution is -2.43. The zero-order chi connectivity index (χ0) is 9.99. The lowest BCUT2D eigenvalue weighted by Gasteiger charge is -2.33. The van der Waals surface area contributed by atoms with Crippen molar-refractivity contribution >= 4 is 8.32 Å². The predicted molar refractivity (Wildman–Crippen MR) is 53.3 cm³/mol. The summed E-state index contributed by atoms with van der Waals surface area (Å²) in [6.45, 7) is 12.2. The first-order valence-corrected chi connectivity index (χ1v) is 7.73. The Morgan fingerprint density at radius 2 is 1.75 bits per heavy atom. The molecule has 12 heavy (non-hydrogen) atoms. The van der Waals surface area contributed by atoms with Gasteiger partial charge in [0.2, 0.25) is 0 Å². The van der Waals surface area contributed by atoms with Crippen LogP contribution in [0, 0.1) is 17.2 Å². The topological polar surface area (TPSA) is 33.0 Å². The van der Waals surface area contributed by atoms with E-state index in [0.717, 1.165) is 0 Å². The number of rotatable bonds is 3. The summed E-state index contributed by atoms with van der Waals surface area (Å²) >= 11 is 0. The van der Waals surface area contributed by atoms with E-state index in [0.29, 0.717) is 0 Å². The molecule has 0 aliphatic carbocycles. The van der Waals surface area contributed by atoms with E-state index < -0.39 is 13.9 Å². The summed E-state index contributed by atoms with van der Waals surface area (Å²) in [6, 6.07) is 2.25. The lowest BCUT2D eigenvalue weighted by atomic mass is 9.95. The Labute approximate surface area is 76.7 Å². The van der Waals surface area contributed by atoms with E-state index >= 15 is 0 Å². The van der Waals surface area contributed by atoms with Crippen LogP contribution in [0.25, 0.3) is 0 Å². The van der Waals surface area contributed by atoms with Crippen molar-refractivity contribution in [3.05, 3.63) is 0 Å². The predicted octanol–water partition coefficient (Wildman–Crippen LogP) is 2.78. The van der Waals surface area contributed by atoms with Gasteiger partial charge in [-0.1, -0.05) is 13.8 Å². The molecule has 0 spiro atoms. The molecule has 0 aliphatic rings. The summed E-state index contributed by atoms with van der Waals surface area (Å²) in [5, 5.41) is 8.97. The van der Waals surface area contributed by atoms with Gasteiger partial charge in [-0.3, -0.25) is 0 Å². The van der Waals surface area contributed by atoms with Gasteiger partial charge in [0.25, 0.3) is 0 Å². The zero-order valence-corrected chi connectivity index (χ0v) is 9.93. The molecular formula is C9H19NOSi. The van der Waals surface area contributed by atoms with Gasteiger partial charge in [-0.15, -0.1) is 0 Å². The fourth-order valence-corrected chi connectivity index (χ4v) is 2.46. The second-order valence-electron chi connectivity index (χ2n) is 4.59. The molecule has 0 fully saturated rings. The van der Waals surface area contributed by atoms with E-state index in [1.165, 1.54) is 0 Å². The Hall–Kier alpha value is -0.333. The second-order valence-corrected chi connectivity index (χ2v) is 9.02. The van der Waals surface area contributed by atoms with Crippen LogP contribution < -0.4 is 0 Å². The van der Waals surface area contributed by atoms with E-state index in [-0.39, 0.29) is 5.92 Å². The lowest BCUT2D eigenvalue weighted by molar-refractivity contribution is 0.0898. The van der Waals surface area contributed by atoms with Crippen LogP contribution in [0.3, 0.4) is 0 Å². The smallest absolute Gasteiger partial charge is 0.185 e. The molecule has 0 radical (unpaired) electrons. The third kappa shape index (κ3) is 3.38.